The van der Waals surface area contributed by atoms with Crippen molar-refractivity contribution >= 4 is 30.1 Å². The molecule has 0 unspecified atom stereocenters. The van der Waals surface area contributed by atoms with E-state index in [0.717, 1.165) is 44.4 Å². The monoisotopic (exact) mass is 415 g/mol. The van der Waals surface area contributed by atoms with Crippen LogP contribution in [0, 0.1) is 0 Å². The van der Waals surface area contributed by atoms with E-state index in [4.69, 9.17) is 14.1 Å². The molecule has 0 fully saturated rings. The minimum Gasteiger partial charge on any atom is -0.543 e. The Morgan fingerprint density at radius 2 is 1.53 bits per heavy atom. The van der Waals surface area contributed by atoms with E-state index in [0.29, 0.717) is 0 Å². The van der Waals surface area contributed by atoms with E-state index in [1.165, 1.54) is 0 Å². The van der Waals surface area contributed by atoms with Crippen molar-refractivity contribution in [2.75, 3.05) is 7.11 Å². The zero-order chi connectivity index (χ0) is 21.5. The van der Waals surface area contributed by atoms with E-state index in [-0.39, 0.29) is 5.04 Å². The summed E-state index contributed by atoms with van der Waals surface area (Å²) in [5.41, 5.74) is 4.18. The lowest BCUT2D eigenvalue weighted by molar-refractivity contribution is 0.415. The summed E-state index contributed by atoms with van der Waals surface area (Å²) in [4.78, 5) is 4.97. The maximum Gasteiger partial charge on any atom is 0.250 e. The highest BCUT2D eigenvalue weighted by molar-refractivity contribution is 6.74. The fourth-order valence-corrected chi connectivity index (χ4v) is 4.35. The van der Waals surface area contributed by atoms with Gasteiger partial charge in [-0.3, -0.25) is 0 Å². The van der Waals surface area contributed by atoms with Crippen molar-refractivity contribution in [1.82, 2.24) is 4.98 Å². The average Bonchev–Trinajstić information content (AvgIpc) is 2.71. The molecular formula is C26H29NO2Si. The summed E-state index contributed by atoms with van der Waals surface area (Å²) >= 11 is 0. The Morgan fingerprint density at radius 3 is 2.20 bits per heavy atom. The molecule has 0 aliphatic carbocycles. The predicted molar refractivity (Wildman–Crippen MR) is 129 cm³/mol. The van der Waals surface area contributed by atoms with Gasteiger partial charge in [0.15, 0.2) is 0 Å². The van der Waals surface area contributed by atoms with Crippen LogP contribution < -0.4 is 9.16 Å². The molecule has 0 aliphatic rings. The van der Waals surface area contributed by atoms with Crippen LogP contribution in [0.5, 0.6) is 11.5 Å². The Morgan fingerprint density at radius 1 is 0.800 bits per heavy atom. The van der Waals surface area contributed by atoms with Gasteiger partial charge >= 0.3 is 0 Å². The topological polar surface area (TPSA) is 31.4 Å². The standard InChI is InChI=1S/C26H29NO2Si/c1-26(2,3)30(5,6)29-25-17-19(18-10-8-7-9-11-18)16-24-22(25)15-20-14-21(28-4)12-13-23(20)27-24/h7-17H,1-6H3. The van der Waals surface area contributed by atoms with Crippen LogP contribution in [0.15, 0.2) is 66.7 Å². The van der Waals surface area contributed by atoms with Gasteiger partial charge in [0, 0.05) is 10.8 Å². The summed E-state index contributed by atoms with van der Waals surface area (Å²) < 4.78 is 12.2. The van der Waals surface area contributed by atoms with Gasteiger partial charge in [-0.2, -0.15) is 0 Å². The van der Waals surface area contributed by atoms with Gasteiger partial charge < -0.3 is 9.16 Å². The van der Waals surface area contributed by atoms with Crippen molar-refractivity contribution in [3.05, 3.63) is 66.7 Å². The largest absolute Gasteiger partial charge is 0.543 e. The summed E-state index contributed by atoms with van der Waals surface area (Å²) in [6.07, 6.45) is 0. The fraction of sp³-hybridized carbons (Fsp3) is 0.269. The van der Waals surface area contributed by atoms with Crippen molar-refractivity contribution in [2.45, 2.75) is 38.9 Å². The highest BCUT2D eigenvalue weighted by Gasteiger charge is 2.39. The molecular weight excluding hydrogens is 386 g/mol. The molecule has 4 rings (SSSR count). The summed E-state index contributed by atoms with van der Waals surface area (Å²) in [5.74, 6) is 1.74. The van der Waals surface area contributed by atoms with Crippen LogP contribution in [0.1, 0.15) is 20.8 Å². The molecule has 1 heterocycles. The molecule has 0 N–H and O–H groups in total. The van der Waals surface area contributed by atoms with Gasteiger partial charge in [0.2, 0.25) is 0 Å². The van der Waals surface area contributed by atoms with Crippen LogP contribution in [0.3, 0.4) is 0 Å². The maximum atomic E-state index is 6.81. The quantitative estimate of drug-likeness (QED) is 0.256. The van der Waals surface area contributed by atoms with Crippen molar-refractivity contribution < 1.29 is 9.16 Å². The molecule has 0 aliphatic heterocycles. The lowest BCUT2D eigenvalue weighted by Gasteiger charge is -2.37. The Labute approximate surface area is 179 Å². The Kier molecular flexibility index (Phi) is 5.06. The Bertz CT molecular complexity index is 1210. The lowest BCUT2D eigenvalue weighted by atomic mass is 10.0. The molecule has 30 heavy (non-hydrogen) atoms. The zero-order valence-electron chi connectivity index (χ0n) is 18.6. The smallest absolute Gasteiger partial charge is 0.250 e. The first kappa shape index (κ1) is 20.4. The van der Waals surface area contributed by atoms with Crippen molar-refractivity contribution in [1.29, 1.82) is 0 Å². The molecule has 3 nitrogen and oxygen atoms in total. The molecule has 1 aromatic heterocycles. The van der Waals surface area contributed by atoms with Gasteiger partial charge in [-0.05, 0) is 65.7 Å². The molecule has 154 valence electrons. The second-order valence-electron chi connectivity index (χ2n) is 9.32. The van der Waals surface area contributed by atoms with Gasteiger partial charge in [0.05, 0.1) is 18.1 Å². The van der Waals surface area contributed by atoms with E-state index < -0.39 is 8.32 Å². The fourth-order valence-electron chi connectivity index (χ4n) is 3.32. The second-order valence-corrected chi connectivity index (χ2v) is 14.0. The first-order chi connectivity index (χ1) is 14.2. The van der Waals surface area contributed by atoms with Crippen LogP contribution in [-0.4, -0.2) is 20.4 Å². The number of benzene rings is 3. The van der Waals surface area contributed by atoms with E-state index in [2.05, 4.69) is 76.3 Å². The molecule has 0 amide bonds. The summed E-state index contributed by atoms with van der Waals surface area (Å²) in [6.45, 7) is 11.4. The van der Waals surface area contributed by atoms with E-state index in [9.17, 15) is 0 Å². The Balaban J connectivity index is 1.97. The number of methoxy groups -OCH3 is 1. The molecule has 0 saturated carbocycles. The number of fused-ring (bicyclic) bond motifs is 2. The van der Waals surface area contributed by atoms with Crippen LogP contribution in [-0.2, 0) is 0 Å². The second kappa shape index (κ2) is 7.44. The van der Waals surface area contributed by atoms with Crippen molar-refractivity contribution in [2.24, 2.45) is 0 Å². The first-order valence-electron chi connectivity index (χ1n) is 10.3. The van der Waals surface area contributed by atoms with Gasteiger partial charge in [-0.25, -0.2) is 4.98 Å². The number of aromatic nitrogens is 1. The van der Waals surface area contributed by atoms with Crippen LogP contribution in [0.2, 0.25) is 18.1 Å². The normalized spacial score (nSPS) is 12.3. The molecule has 0 bridgehead atoms. The average molecular weight is 416 g/mol. The number of pyridine rings is 1. The number of hydrogen-bond acceptors (Lipinski definition) is 3. The summed E-state index contributed by atoms with van der Waals surface area (Å²) in [6, 6.07) is 22.9. The third-order valence-corrected chi connectivity index (χ3v) is 10.5. The van der Waals surface area contributed by atoms with Gasteiger partial charge in [0.1, 0.15) is 11.5 Å². The molecule has 4 aromatic rings. The maximum absolute atomic E-state index is 6.81. The molecule has 0 atom stereocenters. The highest BCUT2D eigenvalue weighted by Crippen LogP contribution is 2.41. The molecule has 0 saturated heterocycles. The predicted octanol–water partition coefficient (Wildman–Crippen LogP) is 7.45. The molecule has 3 aromatic carbocycles. The molecule has 4 heteroatoms. The number of ether oxygens (including phenoxy) is 1. The van der Waals surface area contributed by atoms with Crippen LogP contribution in [0.25, 0.3) is 32.9 Å². The third-order valence-electron chi connectivity index (χ3n) is 6.17. The van der Waals surface area contributed by atoms with Gasteiger partial charge in [-0.1, -0.05) is 51.1 Å². The number of hydrogen-bond donors (Lipinski definition) is 0. The Hall–Kier alpha value is -2.85. The van der Waals surface area contributed by atoms with Crippen LogP contribution >= 0.6 is 0 Å². The van der Waals surface area contributed by atoms with E-state index in [1.54, 1.807) is 7.11 Å². The van der Waals surface area contributed by atoms with E-state index in [1.807, 2.05) is 24.3 Å². The third kappa shape index (κ3) is 3.80. The van der Waals surface area contributed by atoms with E-state index >= 15 is 0 Å². The highest BCUT2D eigenvalue weighted by atomic mass is 28.4. The summed E-state index contributed by atoms with van der Waals surface area (Å²) in [7, 11) is -0.336. The van der Waals surface area contributed by atoms with Gasteiger partial charge in [-0.15, -0.1) is 0 Å². The number of rotatable bonds is 4. The van der Waals surface area contributed by atoms with Gasteiger partial charge in [0.25, 0.3) is 8.32 Å². The minimum absolute atomic E-state index is 0.107. The number of nitrogens with zero attached hydrogens (tertiary/aromatic N) is 1. The first-order valence-corrected chi connectivity index (χ1v) is 13.3. The SMILES string of the molecule is COc1ccc2nc3cc(-c4ccccc4)cc(O[Si](C)(C)C(C)(C)C)c3cc2c1. The minimum atomic E-state index is -2.02. The zero-order valence-corrected chi connectivity index (χ0v) is 19.6. The van der Waals surface area contributed by atoms with Crippen LogP contribution in [0.4, 0.5) is 0 Å². The molecule has 0 spiro atoms. The summed E-state index contributed by atoms with van der Waals surface area (Å²) in [5, 5.41) is 2.20. The molecule has 0 radical (unpaired) electrons. The lowest BCUT2D eigenvalue weighted by Crippen LogP contribution is -2.43. The van der Waals surface area contributed by atoms with Crippen molar-refractivity contribution in [3.8, 4) is 22.6 Å². The van der Waals surface area contributed by atoms with Crippen molar-refractivity contribution in [3.63, 3.8) is 0 Å².